The molecular weight excluding hydrogens is 358 g/mol. The van der Waals surface area contributed by atoms with Gasteiger partial charge in [0.1, 0.15) is 0 Å². The maximum atomic E-state index is 12.4. The van der Waals surface area contributed by atoms with Gasteiger partial charge in [-0.05, 0) is 37.3 Å². The van der Waals surface area contributed by atoms with Gasteiger partial charge in [-0.15, -0.1) is 0 Å². The maximum Gasteiger partial charge on any atom is 0.319 e. The first-order valence-electron chi connectivity index (χ1n) is 9.83. The minimum atomic E-state index is -0.231. The van der Waals surface area contributed by atoms with Crippen LogP contribution < -0.4 is 15.8 Å². The predicted octanol–water partition coefficient (Wildman–Crippen LogP) is 0.980. The van der Waals surface area contributed by atoms with Crippen molar-refractivity contribution in [3.8, 4) is 0 Å². The number of anilines is 1. The van der Waals surface area contributed by atoms with Crippen LogP contribution >= 0.6 is 0 Å². The van der Waals surface area contributed by atoms with Crippen LogP contribution in [0.2, 0.25) is 0 Å². The highest BCUT2D eigenvalue weighted by atomic mass is 16.2. The van der Waals surface area contributed by atoms with Crippen LogP contribution in [0.1, 0.15) is 24.8 Å². The summed E-state index contributed by atoms with van der Waals surface area (Å²) < 4.78 is 0. The van der Waals surface area contributed by atoms with E-state index in [1.54, 1.807) is 23.9 Å². The van der Waals surface area contributed by atoms with Gasteiger partial charge in [-0.25, -0.2) is 4.79 Å². The highest BCUT2D eigenvalue weighted by molar-refractivity contribution is 5.86. The first-order valence-corrected chi connectivity index (χ1v) is 9.83. The summed E-state index contributed by atoms with van der Waals surface area (Å²) in [4.78, 5) is 41.9. The van der Waals surface area contributed by atoms with Gasteiger partial charge in [-0.2, -0.15) is 0 Å². The van der Waals surface area contributed by atoms with Gasteiger partial charge in [0.05, 0.1) is 6.54 Å². The van der Waals surface area contributed by atoms with Crippen molar-refractivity contribution in [3.05, 3.63) is 29.8 Å². The third-order valence-corrected chi connectivity index (χ3v) is 5.38. The zero-order chi connectivity index (χ0) is 20.1. The van der Waals surface area contributed by atoms with Crippen LogP contribution in [-0.2, 0) is 16.0 Å². The van der Waals surface area contributed by atoms with Crippen molar-refractivity contribution in [2.24, 2.45) is 5.92 Å². The Balaban J connectivity index is 1.43. The van der Waals surface area contributed by atoms with E-state index in [-0.39, 0.29) is 30.3 Å². The summed E-state index contributed by atoms with van der Waals surface area (Å²) in [6.07, 6.45) is 3.24. The molecule has 2 aliphatic heterocycles. The molecule has 0 unspecified atom stereocenters. The number of hydrazine groups is 1. The molecular formula is C20H29N5O3. The Labute approximate surface area is 165 Å². The maximum absolute atomic E-state index is 12.4. The molecule has 28 heavy (non-hydrogen) atoms. The number of urea groups is 1. The minimum Gasteiger partial charge on any atom is -0.362 e. The molecule has 2 aliphatic rings. The van der Waals surface area contributed by atoms with Crippen LogP contribution in [0.15, 0.2) is 24.3 Å². The quantitative estimate of drug-likeness (QED) is 0.758. The van der Waals surface area contributed by atoms with Crippen LogP contribution in [0.5, 0.6) is 0 Å². The monoisotopic (exact) mass is 387 g/mol. The van der Waals surface area contributed by atoms with Gasteiger partial charge in [-0.1, -0.05) is 18.2 Å². The molecule has 1 aromatic carbocycles. The number of aryl methyl sites for hydroxylation is 1. The first-order chi connectivity index (χ1) is 13.5. The number of nitrogens with one attached hydrogen (secondary N) is 2. The number of nitrogens with zero attached hydrogens (tertiary/aromatic N) is 3. The Bertz CT molecular complexity index is 728. The van der Waals surface area contributed by atoms with Crippen LogP contribution in [-0.4, -0.2) is 67.9 Å². The van der Waals surface area contributed by atoms with Gasteiger partial charge >= 0.3 is 6.03 Å². The van der Waals surface area contributed by atoms with Crippen LogP contribution in [0.4, 0.5) is 10.5 Å². The molecule has 1 saturated heterocycles. The second-order valence-corrected chi connectivity index (χ2v) is 7.63. The summed E-state index contributed by atoms with van der Waals surface area (Å²) in [7, 11) is 3.44. The van der Waals surface area contributed by atoms with E-state index in [4.69, 9.17) is 0 Å². The van der Waals surface area contributed by atoms with E-state index in [1.165, 1.54) is 5.56 Å². The van der Waals surface area contributed by atoms with Crippen molar-refractivity contribution in [3.63, 3.8) is 0 Å². The van der Waals surface area contributed by atoms with Gasteiger partial charge in [-0.3, -0.25) is 20.4 Å². The fourth-order valence-electron chi connectivity index (χ4n) is 3.84. The molecule has 0 atom stereocenters. The van der Waals surface area contributed by atoms with E-state index in [0.717, 1.165) is 25.1 Å². The van der Waals surface area contributed by atoms with Crippen molar-refractivity contribution < 1.29 is 14.4 Å². The number of hydrogen-bond donors (Lipinski definition) is 2. The smallest absolute Gasteiger partial charge is 0.319 e. The number of rotatable bonds is 3. The number of likely N-dealkylation sites (tertiary alicyclic amines) is 1. The Hall–Kier alpha value is -2.77. The molecule has 1 aromatic rings. The molecule has 0 aliphatic carbocycles. The molecule has 0 saturated carbocycles. The van der Waals surface area contributed by atoms with Crippen molar-refractivity contribution in [1.82, 2.24) is 20.7 Å². The van der Waals surface area contributed by atoms with Gasteiger partial charge in [0.15, 0.2) is 0 Å². The molecule has 8 heteroatoms. The number of hydrogen-bond acceptors (Lipinski definition) is 4. The van der Waals surface area contributed by atoms with Crippen molar-refractivity contribution >= 4 is 23.5 Å². The highest BCUT2D eigenvalue weighted by Gasteiger charge is 2.28. The highest BCUT2D eigenvalue weighted by Crippen LogP contribution is 2.26. The fourth-order valence-corrected chi connectivity index (χ4v) is 3.84. The molecule has 3 rings (SSSR count). The van der Waals surface area contributed by atoms with Crippen LogP contribution in [0.25, 0.3) is 0 Å². The molecule has 152 valence electrons. The average molecular weight is 387 g/mol. The third kappa shape index (κ3) is 4.74. The summed E-state index contributed by atoms with van der Waals surface area (Å²) in [6, 6.07) is 8.08. The number of piperidine rings is 1. The van der Waals surface area contributed by atoms with E-state index >= 15 is 0 Å². The second kappa shape index (κ2) is 8.95. The number of amides is 4. The van der Waals surface area contributed by atoms with Crippen LogP contribution in [0, 0.1) is 5.92 Å². The Morgan fingerprint density at radius 2 is 1.79 bits per heavy atom. The molecule has 2 N–H and O–H groups in total. The normalized spacial score (nSPS) is 16.9. The lowest BCUT2D eigenvalue weighted by Crippen LogP contribution is -2.51. The predicted molar refractivity (Wildman–Crippen MR) is 107 cm³/mol. The van der Waals surface area contributed by atoms with Gasteiger partial charge in [0, 0.05) is 45.3 Å². The third-order valence-electron chi connectivity index (χ3n) is 5.38. The van der Waals surface area contributed by atoms with Crippen molar-refractivity contribution in [2.75, 3.05) is 45.2 Å². The number of benzene rings is 1. The second-order valence-electron chi connectivity index (χ2n) is 7.63. The van der Waals surface area contributed by atoms with Gasteiger partial charge in [0.2, 0.25) is 5.91 Å². The molecule has 8 nitrogen and oxygen atoms in total. The molecule has 0 radical (unpaired) electrons. The molecule has 4 amide bonds. The zero-order valence-corrected chi connectivity index (χ0v) is 16.6. The van der Waals surface area contributed by atoms with Crippen LogP contribution in [0.3, 0.4) is 0 Å². The van der Waals surface area contributed by atoms with Gasteiger partial charge < -0.3 is 14.7 Å². The van der Waals surface area contributed by atoms with Gasteiger partial charge in [0.25, 0.3) is 5.91 Å². The summed E-state index contributed by atoms with van der Waals surface area (Å²) in [5, 5.41) is 0. The van der Waals surface area contributed by atoms with E-state index in [0.29, 0.717) is 25.9 Å². The topological polar surface area (TPSA) is 85.0 Å². The SMILES string of the molecule is CN(C)C(=O)N1CCC(C(=O)NNC(=O)CN2CCCc3ccccc32)CC1. The summed E-state index contributed by atoms with van der Waals surface area (Å²) in [5.74, 6) is -0.614. The fraction of sp³-hybridized carbons (Fsp3) is 0.550. The van der Waals surface area contributed by atoms with Crippen molar-refractivity contribution in [2.45, 2.75) is 25.7 Å². The Kier molecular flexibility index (Phi) is 6.38. The largest absolute Gasteiger partial charge is 0.362 e. The molecule has 0 spiro atoms. The number of fused-ring (bicyclic) bond motifs is 1. The zero-order valence-electron chi connectivity index (χ0n) is 16.6. The average Bonchev–Trinajstić information content (AvgIpc) is 2.72. The molecule has 1 fully saturated rings. The Morgan fingerprint density at radius 3 is 2.50 bits per heavy atom. The summed E-state index contributed by atoms with van der Waals surface area (Å²) in [5.41, 5.74) is 7.44. The first kappa shape index (κ1) is 20.0. The molecule has 0 bridgehead atoms. The molecule has 0 aromatic heterocycles. The number of carbonyl (C=O) groups excluding carboxylic acids is 3. The lowest BCUT2D eigenvalue weighted by atomic mass is 9.96. The summed E-state index contributed by atoms with van der Waals surface area (Å²) >= 11 is 0. The van der Waals surface area contributed by atoms with E-state index in [1.807, 2.05) is 23.1 Å². The lowest BCUT2D eigenvalue weighted by Gasteiger charge is -2.33. The Morgan fingerprint density at radius 1 is 1.07 bits per heavy atom. The van der Waals surface area contributed by atoms with E-state index < -0.39 is 0 Å². The molecule has 2 heterocycles. The lowest BCUT2D eigenvalue weighted by molar-refractivity contribution is -0.131. The number of carbonyl (C=O) groups is 3. The standard InChI is InChI=1S/C20H29N5O3/c1-23(2)20(28)24-12-9-16(10-13-24)19(27)22-21-18(26)14-25-11-5-7-15-6-3-4-8-17(15)25/h3-4,6,8,16H,5,7,9-14H2,1-2H3,(H,21,26)(H,22,27). The number of para-hydroxylation sites is 1. The van der Waals surface area contributed by atoms with E-state index in [9.17, 15) is 14.4 Å². The van der Waals surface area contributed by atoms with E-state index in [2.05, 4.69) is 16.9 Å². The minimum absolute atomic E-state index is 0.0334. The van der Waals surface area contributed by atoms with Crippen molar-refractivity contribution in [1.29, 1.82) is 0 Å². The summed E-state index contributed by atoms with van der Waals surface area (Å²) in [6.45, 7) is 2.14.